The van der Waals surface area contributed by atoms with Crippen LogP contribution in [-0.2, 0) is 26.8 Å². The summed E-state index contributed by atoms with van der Waals surface area (Å²) < 4.78 is 17.5. The van der Waals surface area contributed by atoms with Gasteiger partial charge in [-0.05, 0) is 40.0 Å². The molecule has 1 saturated carbocycles. The van der Waals surface area contributed by atoms with Crippen LogP contribution in [0.15, 0.2) is 11.4 Å². The molecule has 9 heteroatoms. The van der Waals surface area contributed by atoms with Crippen LogP contribution in [0.3, 0.4) is 0 Å². The molecule has 3 heterocycles. The Balaban J connectivity index is 1.72. The van der Waals surface area contributed by atoms with Crippen molar-refractivity contribution in [3.05, 3.63) is 11.8 Å². The smallest absolute Gasteiger partial charge is 0.417 e. The molecule has 1 aromatic heterocycles. The molecule has 2 atom stereocenters. The fourth-order valence-corrected chi connectivity index (χ4v) is 5.37. The summed E-state index contributed by atoms with van der Waals surface area (Å²) in [7, 11) is -1.31. The van der Waals surface area contributed by atoms with Gasteiger partial charge in [0.25, 0.3) is 5.91 Å². The van der Waals surface area contributed by atoms with Gasteiger partial charge in [0.1, 0.15) is 17.0 Å². The molecule has 8 nitrogen and oxygen atoms in total. The Labute approximate surface area is 179 Å². The SMILES string of the molecule is CS(=O)c1ncc2c(n1)N(C1CCCCC1)C1(CCN(C(=O)OC(C)(C)C)C1=O)C2. The maximum atomic E-state index is 13.7. The van der Waals surface area contributed by atoms with Crippen LogP contribution in [0.5, 0.6) is 0 Å². The Hall–Kier alpha value is -2.03. The first kappa shape index (κ1) is 21.2. The summed E-state index contributed by atoms with van der Waals surface area (Å²) in [6, 6.07) is 0.176. The first-order valence-electron chi connectivity index (χ1n) is 10.7. The van der Waals surface area contributed by atoms with E-state index in [1.807, 2.05) is 0 Å². The third-order valence-electron chi connectivity index (χ3n) is 6.19. The van der Waals surface area contributed by atoms with E-state index in [0.29, 0.717) is 25.2 Å². The lowest BCUT2D eigenvalue weighted by Crippen LogP contribution is -2.58. The second kappa shape index (κ2) is 7.59. The molecule has 0 N–H and O–H groups in total. The molecular formula is C21H30N4O4S. The van der Waals surface area contributed by atoms with E-state index in [9.17, 15) is 13.8 Å². The van der Waals surface area contributed by atoms with E-state index in [2.05, 4.69) is 14.9 Å². The van der Waals surface area contributed by atoms with E-state index < -0.39 is 28.0 Å². The van der Waals surface area contributed by atoms with Crippen LogP contribution in [-0.4, -0.2) is 61.1 Å². The van der Waals surface area contributed by atoms with Crippen LogP contribution >= 0.6 is 0 Å². The molecule has 1 aromatic rings. The Kier molecular flexibility index (Phi) is 5.36. The number of anilines is 1. The number of nitrogens with zero attached hydrogens (tertiary/aromatic N) is 4. The van der Waals surface area contributed by atoms with Gasteiger partial charge < -0.3 is 9.64 Å². The second-order valence-corrected chi connectivity index (χ2v) is 10.8. The van der Waals surface area contributed by atoms with E-state index in [1.54, 1.807) is 33.2 Å². The number of fused-ring (bicyclic) bond motifs is 1. The summed E-state index contributed by atoms with van der Waals surface area (Å²) in [5.41, 5.74) is -0.626. The zero-order chi connectivity index (χ0) is 21.7. The molecule has 2 unspecified atom stereocenters. The summed E-state index contributed by atoms with van der Waals surface area (Å²) in [4.78, 5) is 38.7. The quantitative estimate of drug-likeness (QED) is 0.661. The van der Waals surface area contributed by atoms with E-state index in [1.165, 1.54) is 11.3 Å². The Bertz CT molecular complexity index is 893. The van der Waals surface area contributed by atoms with Crippen LogP contribution < -0.4 is 4.90 Å². The lowest BCUT2D eigenvalue weighted by molar-refractivity contribution is -0.131. The first-order chi connectivity index (χ1) is 14.1. The average Bonchev–Trinajstić information content (AvgIpc) is 3.18. The van der Waals surface area contributed by atoms with Gasteiger partial charge in [-0.25, -0.2) is 19.7 Å². The summed E-state index contributed by atoms with van der Waals surface area (Å²) in [6.45, 7) is 5.71. The Morgan fingerprint density at radius 2 is 1.97 bits per heavy atom. The minimum Gasteiger partial charge on any atom is -0.443 e. The normalized spacial score (nSPS) is 25.7. The van der Waals surface area contributed by atoms with Gasteiger partial charge in [0.2, 0.25) is 5.16 Å². The van der Waals surface area contributed by atoms with Gasteiger partial charge in [0, 0.05) is 37.0 Å². The lowest BCUT2D eigenvalue weighted by Gasteiger charge is -2.42. The number of carbonyl (C=O) groups excluding carboxylic acids is 2. The largest absolute Gasteiger partial charge is 0.443 e. The van der Waals surface area contributed by atoms with Gasteiger partial charge in [-0.1, -0.05) is 19.3 Å². The van der Waals surface area contributed by atoms with Crippen molar-refractivity contribution >= 4 is 28.6 Å². The van der Waals surface area contributed by atoms with Crippen LogP contribution in [0.2, 0.25) is 0 Å². The van der Waals surface area contributed by atoms with Crippen molar-refractivity contribution in [2.45, 2.75) is 88.1 Å². The number of hydrogen-bond donors (Lipinski definition) is 0. The topological polar surface area (TPSA) is 92.7 Å². The number of carbonyl (C=O) groups is 2. The van der Waals surface area contributed by atoms with Crippen molar-refractivity contribution in [1.29, 1.82) is 0 Å². The van der Waals surface area contributed by atoms with Crippen molar-refractivity contribution in [2.24, 2.45) is 0 Å². The predicted octanol–water partition coefficient (Wildman–Crippen LogP) is 2.82. The van der Waals surface area contributed by atoms with Crippen LogP contribution in [0.1, 0.15) is 64.9 Å². The predicted molar refractivity (Wildman–Crippen MR) is 113 cm³/mol. The molecule has 0 aromatic carbocycles. The third-order valence-corrected chi connectivity index (χ3v) is 6.91. The van der Waals surface area contributed by atoms with Crippen molar-refractivity contribution < 1.29 is 18.5 Å². The van der Waals surface area contributed by atoms with Gasteiger partial charge in [-0.2, -0.15) is 0 Å². The summed E-state index contributed by atoms with van der Waals surface area (Å²) in [5, 5.41) is 0.279. The molecule has 1 saturated heterocycles. The highest BCUT2D eigenvalue weighted by Crippen LogP contribution is 2.47. The van der Waals surface area contributed by atoms with Crippen molar-refractivity contribution in [1.82, 2.24) is 14.9 Å². The number of imide groups is 1. The monoisotopic (exact) mass is 434 g/mol. The van der Waals surface area contributed by atoms with Gasteiger partial charge >= 0.3 is 6.09 Å². The number of rotatable bonds is 2. The molecule has 2 amide bonds. The molecular weight excluding hydrogens is 404 g/mol. The van der Waals surface area contributed by atoms with Gasteiger partial charge in [-0.15, -0.1) is 0 Å². The van der Waals surface area contributed by atoms with Crippen LogP contribution in [0, 0.1) is 0 Å². The third kappa shape index (κ3) is 3.61. The number of hydrogen-bond acceptors (Lipinski definition) is 7. The molecule has 30 heavy (non-hydrogen) atoms. The molecule has 1 aliphatic carbocycles. The molecule has 0 bridgehead atoms. The van der Waals surface area contributed by atoms with Crippen molar-refractivity contribution in [3.63, 3.8) is 0 Å². The number of amides is 2. The molecule has 2 fully saturated rings. The molecule has 4 rings (SSSR count). The molecule has 0 radical (unpaired) electrons. The zero-order valence-corrected chi connectivity index (χ0v) is 19.0. The van der Waals surface area contributed by atoms with E-state index >= 15 is 0 Å². The molecule has 1 spiro atoms. The minimum atomic E-state index is -1.31. The maximum absolute atomic E-state index is 13.7. The van der Waals surface area contributed by atoms with Crippen LogP contribution in [0.25, 0.3) is 0 Å². The minimum absolute atomic E-state index is 0.176. The van der Waals surface area contributed by atoms with Gasteiger partial charge in [0.15, 0.2) is 0 Å². The van der Waals surface area contributed by atoms with Crippen LogP contribution in [0.4, 0.5) is 10.6 Å². The summed E-state index contributed by atoms with van der Waals surface area (Å²) >= 11 is 0. The van der Waals surface area contributed by atoms with Crippen molar-refractivity contribution in [2.75, 3.05) is 17.7 Å². The number of likely N-dealkylation sites (tertiary alicyclic amines) is 1. The van der Waals surface area contributed by atoms with Crippen molar-refractivity contribution in [3.8, 4) is 0 Å². The highest BCUT2D eigenvalue weighted by atomic mass is 32.2. The average molecular weight is 435 g/mol. The fourth-order valence-electron chi connectivity index (χ4n) is 4.95. The first-order valence-corrected chi connectivity index (χ1v) is 12.2. The lowest BCUT2D eigenvalue weighted by atomic mass is 9.87. The molecule has 164 valence electrons. The highest BCUT2D eigenvalue weighted by Gasteiger charge is 2.59. The standard InChI is InChI=1S/C21H30N4O4S/c1-20(2,3)29-19(27)24-11-10-21(17(24)26)12-14-13-22-18(30(4)28)23-16(14)25(21)15-8-6-5-7-9-15/h13,15H,5-12H2,1-4H3. The fraction of sp³-hybridized carbons (Fsp3) is 0.714. The molecule has 2 aliphatic heterocycles. The Morgan fingerprint density at radius 3 is 2.60 bits per heavy atom. The maximum Gasteiger partial charge on any atom is 0.417 e. The Morgan fingerprint density at radius 1 is 1.27 bits per heavy atom. The summed E-state index contributed by atoms with van der Waals surface area (Å²) in [6.07, 6.45) is 9.03. The summed E-state index contributed by atoms with van der Waals surface area (Å²) in [5.74, 6) is 0.487. The van der Waals surface area contributed by atoms with Gasteiger partial charge in [-0.3, -0.25) is 9.00 Å². The highest BCUT2D eigenvalue weighted by molar-refractivity contribution is 7.84. The van der Waals surface area contributed by atoms with E-state index in [4.69, 9.17) is 4.74 Å². The van der Waals surface area contributed by atoms with E-state index in [0.717, 1.165) is 31.2 Å². The zero-order valence-electron chi connectivity index (χ0n) is 18.1. The molecule has 3 aliphatic rings. The number of ether oxygens (including phenoxy) is 1. The second-order valence-electron chi connectivity index (χ2n) is 9.51. The van der Waals surface area contributed by atoms with Gasteiger partial charge in [0.05, 0.1) is 10.8 Å². The number of aromatic nitrogens is 2. The van der Waals surface area contributed by atoms with E-state index in [-0.39, 0.29) is 17.1 Å².